The van der Waals surface area contributed by atoms with E-state index < -0.39 is 9.05 Å². The van der Waals surface area contributed by atoms with Crippen molar-refractivity contribution in [3.63, 3.8) is 0 Å². The number of hydrogen-bond acceptors (Lipinski definition) is 3. The molecular formula is C9H7BrClNO2S. The third-order valence-electron chi connectivity index (χ3n) is 1.99. The zero-order valence-corrected chi connectivity index (χ0v) is 10.9. The summed E-state index contributed by atoms with van der Waals surface area (Å²) in [5.41, 5.74) is 1.39. The number of aryl methyl sites for hydroxylation is 1. The van der Waals surface area contributed by atoms with E-state index in [1.165, 1.54) is 6.07 Å². The minimum absolute atomic E-state index is 0.0741. The molecule has 0 aliphatic carbocycles. The Morgan fingerprint density at radius 1 is 1.53 bits per heavy atom. The number of halogens is 2. The van der Waals surface area contributed by atoms with E-state index in [-0.39, 0.29) is 10.5 Å². The van der Waals surface area contributed by atoms with Crippen LogP contribution in [0, 0.1) is 18.3 Å². The van der Waals surface area contributed by atoms with Gasteiger partial charge >= 0.3 is 0 Å². The topological polar surface area (TPSA) is 57.9 Å². The summed E-state index contributed by atoms with van der Waals surface area (Å²) >= 11 is 3.18. The third-order valence-corrected chi connectivity index (χ3v) is 3.97. The lowest BCUT2D eigenvalue weighted by Gasteiger charge is -2.08. The van der Waals surface area contributed by atoms with Gasteiger partial charge < -0.3 is 0 Å². The largest absolute Gasteiger partial charge is 0.262 e. The van der Waals surface area contributed by atoms with Gasteiger partial charge in [0.1, 0.15) is 11.0 Å². The monoisotopic (exact) mass is 307 g/mol. The predicted molar refractivity (Wildman–Crippen MR) is 61.6 cm³/mol. The second-order valence-electron chi connectivity index (χ2n) is 2.92. The van der Waals surface area contributed by atoms with Crippen LogP contribution in [0.2, 0.25) is 0 Å². The molecular weight excluding hydrogens is 302 g/mol. The first-order valence-electron chi connectivity index (χ1n) is 3.95. The van der Waals surface area contributed by atoms with E-state index in [0.29, 0.717) is 10.9 Å². The Kier molecular flexibility index (Phi) is 3.77. The zero-order chi connectivity index (χ0) is 11.6. The summed E-state index contributed by atoms with van der Waals surface area (Å²) in [7, 11) is 1.41. The highest BCUT2D eigenvalue weighted by molar-refractivity contribution is 9.08. The van der Waals surface area contributed by atoms with E-state index in [9.17, 15) is 8.42 Å². The van der Waals surface area contributed by atoms with Gasteiger partial charge in [-0.2, -0.15) is 5.26 Å². The fourth-order valence-electron chi connectivity index (χ4n) is 1.26. The Morgan fingerprint density at radius 2 is 2.13 bits per heavy atom. The molecule has 15 heavy (non-hydrogen) atoms. The summed E-state index contributed by atoms with van der Waals surface area (Å²) in [4.78, 5) is -0.0939. The van der Waals surface area contributed by atoms with Crippen molar-refractivity contribution in [1.29, 1.82) is 5.26 Å². The van der Waals surface area contributed by atoms with E-state index in [1.807, 2.05) is 6.07 Å². The van der Waals surface area contributed by atoms with Crippen molar-refractivity contribution in [3.8, 4) is 6.07 Å². The van der Waals surface area contributed by atoms with Crippen LogP contribution in [0.4, 0.5) is 0 Å². The number of hydrogen-bond donors (Lipinski definition) is 0. The SMILES string of the molecule is Cc1ccc(C#N)c(S(=O)(=O)Cl)c1CBr. The molecule has 0 saturated heterocycles. The van der Waals surface area contributed by atoms with E-state index in [2.05, 4.69) is 15.9 Å². The molecule has 1 aromatic carbocycles. The molecule has 0 N–H and O–H groups in total. The third kappa shape index (κ3) is 2.51. The van der Waals surface area contributed by atoms with Gasteiger partial charge in [0, 0.05) is 16.0 Å². The Hall–Kier alpha value is -0.570. The van der Waals surface area contributed by atoms with Gasteiger partial charge in [-0.3, -0.25) is 0 Å². The smallest absolute Gasteiger partial charge is 0.207 e. The second kappa shape index (κ2) is 4.52. The normalized spacial score (nSPS) is 11.1. The molecule has 0 aliphatic rings. The summed E-state index contributed by atoms with van der Waals surface area (Å²) in [6.07, 6.45) is 0. The lowest BCUT2D eigenvalue weighted by Crippen LogP contribution is -2.02. The van der Waals surface area contributed by atoms with Crippen molar-refractivity contribution in [2.45, 2.75) is 17.1 Å². The molecule has 3 nitrogen and oxygen atoms in total. The molecule has 0 atom stereocenters. The van der Waals surface area contributed by atoms with E-state index in [4.69, 9.17) is 15.9 Å². The minimum Gasteiger partial charge on any atom is -0.207 e. The molecule has 0 heterocycles. The lowest BCUT2D eigenvalue weighted by molar-refractivity contribution is 0.608. The first-order valence-corrected chi connectivity index (χ1v) is 7.38. The van der Waals surface area contributed by atoms with Gasteiger partial charge in [-0.05, 0) is 24.1 Å². The Bertz CT molecular complexity index is 534. The van der Waals surface area contributed by atoms with Crippen LogP contribution in [-0.2, 0) is 14.4 Å². The standard InChI is InChI=1S/C9H7BrClNO2S/c1-6-2-3-7(5-12)9(8(6)4-10)15(11,13)14/h2-3H,4H2,1H3. The van der Waals surface area contributed by atoms with Gasteiger partial charge in [0.05, 0.1) is 5.56 Å². The van der Waals surface area contributed by atoms with Gasteiger partial charge in [0.2, 0.25) is 0 Å². The number of nitrogens with zero attached hydrogens (tertiary/aromatic N) is 1. The second-order valence-corrected chi connectivity index (χ2v) is 5.98. The van der Waals surface area contributed by atoms with E-state index >= 15 is 0 Å². The summed E-state index contributed by atoms with van der Waals surface area (Å²) in [6.45, 7) is 1.77. The van der Waals surface area contributed by atoms with Crippen LogP contribution < -0.4 is 0 Å². The summed E-state index contributed by atoms with van der Waals surface area (Å²) < 4.78 is 22.7. The number of rotatable bonds is 2. The van der Waals surface area contributed by atoms with Crippen molar-refractivity contribution in [1.82, 2.24) is 0 Å². The fraction of sp³-hybridized carbons (Fsp3) is 0.222. The molecule has 0 radical (unpaired) electrons. The fourth-order valence-corrected chi connectivity index (χ4v) is 3.60. The quantitative estimate of drug-likeness (QED) is 0.623. The summed E-state index contributed by atoms with van der Waals surface area (Å²) in [6, 6.07) is 4.97. The van der Waals surface area contributed by atoms with Crippen molar-refractivity contribution in [3.05, 3.63) is 28.8 Å². The highest BCUT2D eigenvalue weighted by atomic mass is 79.9. The zero-order valence-electron chi connectivity index (χ0n) is 7.79. The predicted octanol–water partition coefficient (Wildman–Crippen LogP) is 2.69. The molecule has 0 aliphatic heterocycles. The molecule has 0 bridgehead atoms. The van der Waals surface area contributed by atoms with Gasteiger partial charge in [0.25, 0.3) is 9.05 Å². The maximum Gasteiger partial charge on any atom is 0.262 e. The van der Waals surface area contributed by atoms with Gasteiger partial charge in [-0.1, -0.05) is 22.0 Å². The highest BCUT2D eigenvalue weighted by Gasteiger charge is 2.21. The van der Waals surface area contributed by atoms with Gasteiger partial charge in [0.15, 0.2) is 0 Å². The maximum absolute atomic E-state index is 11.3. The number of benzene rings is 1. The first kappa shape index (κ1) is 12.5. The van der Waals surface area contributed by atoms with Crippen LogP contribution in [0.15, 0.2) is 17.0 Å². The van der Waals surface area contributed by atoms with E-state index in [1.54, 1.807) is 13.0 Å². The average Bonchev–Trinajstić information content (AvgIpc) is 2.15. The average molecular weight is 309 g/mol. The Balaban J connectivity index is 3.73. The van der Waals surface area contributed by atoms with Crippen molar-refractivity contribution >= 4 is 35.7 Å². The molecule has 1 rings (SSSR count). The lowest BCUT2D eigenvalue weighted by atomic mass is 10.1. The molecule has 0 spiro atoms. The number of alkyl halides is 1. The molecule has 0 amide bonds. The van der Waals surface area contributed by atoms with Crippen LogP contribution in [0.25, 0.3) is 0 Å². The van der Waals surface area contributed by atoms with Crippen LogP contribution in [0.5, 0.6) is 0 Å². The summed E-state index contributed by atoms with van der Waals surface area (Å²) in [5, 5.41) is 9.15. The van der Waals surface area contributed by atoms with Crippen LogP contribution in [0.3, 0.4) is 0 Å². The molecule has 6 heteroatoms. The Labute approximate surface area is 101 Å². The molecule has 0 saturated carbocycles. The molecule has 1 aromatic rings. The van der Waals surface area contributed by atoms with Gasteiger partial charge in [-0.25, -0.2) is 8.42 Å². The molecule has 0 aromatic heterocycles. The maximum atomic E-state index is 11.3. The van der Waals surface area contributed by atoms with Gasteiger partial charge in [-0.15, -0.1) is 0 Å². The number of nitriles is 1. The van der Waals surface area contributed by atoms with Crippen molar-refractivity contribution in [2.75, 3.05) is 0 Å². The molecule has 0 fully saturated rings. The van der Waals surface area contributed by atoms with E-state index in [0.717, 1.165) is 5.56 Å². The van der Waals surface area contributed by atoms with Crippen LogP contribution >= 0.6 is 26.6 Å². The van der Waals surface area contributed by atoms with Crippen molar-refractivity contribution < 1.29 is 8.42 Å². The molecule has 0 unspecified atom stereocenters. The van der Waals surface area contributed by atoms with Crippen LogP contribution in [-0.4, -0.2) is 8.42 Å². The van der Waals surface area contributed by atoms with Crippen LogP contribution in [0.1, 0.15) is 16.7 Å². The molecule has 80 valence electrons. The Morgan fingerprint density at radius 3 is 2.53 bits per heavy atom. The first-order chi connectivity index (χ1) is 6.91. The highest BCUT2D eigenvalue weighted by Crippen LogP contribution is 2.28. The summed E-state index contributed by atoms with van der Waals surface area (Å²) in [5.74, 6) is 0. The van der Waals surface area contributed by atoms with Crippen molar-refractivity contribution in [2.24, 2.45) is 0 Å². The minimum atomic E-state index is -3.89.